The van der Waals surface area contributed by atoms with E-state index in [0.717, 1.165) is 6.42 Å². The SMILES string of the molecule is C1=Cc2ccncc2CC1.CCN(CC(C)C)C(=O)C(=O)Nc1cnc(N)c2cn[nH]c12. The first-order chi connectivity index (χ1) is 15.4. The summed E-state index contributed by atoms with van der Waals surface area (Å²) in [4.78, 5) is 33.9. The monoisotopic (exact) mass is 435 g/mol. The number of pyridine rings is 2. The Morgan fingerprint density at radius 3 is 2.81 bits per heavy atom. The second-order valence-electron chi connectivity index (χ2n) is 7.92. The number of likely N-dealkylation sites (N-methyl/N-ethyl adjacent to an activating group) is 1. The van der Waals surface area contributed by atoms with E-state index in [0.29, 0.717) is 35.5 Å². The van der Waals surface area contributed by atoms with Crippen LogP contribution in [-0.4, -0.2) is 50.0 Å². The second-order valence-corrected chi connectivity index (χ2v) is 7.92. The highest BCUT2D eigenvalue weighted by atomic mass is 16.2. The van der Waals surface area contributed by atoms with E-state index in [1.54, 1.807) is 0 Å². The lowest BCUT2D eigenvalue weighted by molar-refractivity contribution is -0.143. The van der Waals surface area contributed by atoms with Crippen molar-refractivity contribution >= 4 is 40.3 Å². The fourth-order valence-corrected chi connectivity index (χ4v) is 3.42. The zero-order chi connectivity index (χ0) is 23.1. The van der Waals surface area contributed by atoms with Crippen LogP contribution in [0.3, 0.4) is 0 Å². The van der Waals surface area contributed by atoms with Crippen molar-refractivity contribution in [3.05, 3.63) is 48.1 Å². The van der Waals surface area contributed by atoms with Gasteiger partial charge in [-0.15, -0.1) is 0 Å². The van der Waals surface area contributed by atoms with Crippen LogP contribution in [0.4, 0.5) is 11.5 Å². The van der Waals surface area contributed by atoms with Crippen molar-refractivity contribution in [3.63, 3.8) is 0 Å². The molecule has 3 aromatic heterocycles. The van der Waals surface area contributed by atoms with Crippen LogP contribution in [0.5, 0.6) is 0 Å². The average Bonchev–Trinajstić information content (AvgIpc) is 3.30. The van der Waals surface area contributed by atoms with Crippen molar-refractivity contribution in [2.45, 2.75) is 33.6 Å². The maximum atomic E-state index is 12.2. The lowest BCUT2D eigenvalue weighted by Gasteiger charge is -2.22. The molecule has 9 heteroatoms. The fraction of sp³-hybridized carbons (Fsp3) is 0.348. The van der Waals surface area contributed by atoms with Crippen molar-refractivity contribution in [2.24, 2.45) is 5.92 Å². The molecule has 3 heterocycles. The zero-order valence-corrected chi connectivity index (χ0v) is 18.6. The van der Waals surface area contributed by atoms with Crippen molar-refractivity contribution in [2.75, 3.05) is 24.1 Å². The van der Waals surface area contributed by atoms with Crippen LogP contribution < -0.4 is 11.1 Å². The smallest absolute Gasteiger partial charge is 0.314 e. The molecule has 9 nitrogen and oxygen atoms in total. The molecule has 0 saturated carbocycles. The molecule has 0 aromatic carbocycles. The minimum atomic E-state index is -0.704. The summed E-state index contributed by atoms with van der Waals surface area (Å²) in [6, 6.07) is 2.06. The highest BCUT2D eigenvalue weighted by Crippen LogP contribution is 2.23. The van der Waals surface area contributed by atoms with Crippen LogP contribution in [0.2, 0.25) is 0 Å². The number of anilines is 2. The molecular weight excluding hydrogens is 406 g/mol. The number of aryl methyl sites for hydroxylation is 1. The Kier molecular flexibility index (Phi) is 7.54. The Morgan fingerprint density at radius 1 is 1.28 bits per heavy atom. The van der Waals surface area contributed by atoms with Gasteiger partial charge in [-0.3, -0.25) is 19.7 Å². The van der Waals surface area contributed by atoms with Gasteiger partial charge in [0, 0.05) is 25.5 Å². The molecule has 3 aromatic rings. The Labute approximate surface area is 187 Å². The van der Waals surface area contributed by atoms with Crippen molar-refractivity contribution in [1.29, 1.82) is 0 Å². The molecule has 168 valence electrons. The largest absolute Gasteiger partial charge is 0.383 e. The van der Waals surface area contributed by atoms with Crippen molar-refractivity contribution in [3.8, 4) is 0 Å². The number of amides is 2. The number of aromatic nitrogens is 4. The van der Waals surface area contributed by atoms with Gasteiger partial charge in [0.15, 0.2) is 0 Å². The summed E-state index contributed by atoms with van der Waals surface area (Å²) in [6.07, 6.45) is 13.4. The molecule has 4 N–H and O–H groups in total. The predicted molar refractivity (Wildman–Crippen MR) is 126 cm³/mol. The summed E-state index contributed by atoms with van der Waals surface area (Å²) in [7, 11) is 0. The molecule has 0 bridgehead atoms. The molecule has 1 aliphatic rings. The first-order valence-corrected chi connectivity index (χ1v) is 10.7. The number of nitrogens with two attached hydrogens (primary N) is 1. The highest BCUT2D eigenvalue weighted by Gasteiger charge is 2.22. The molecule has 4 rings (SSSR count). The summed E-state index contributed by atoms with van der Waals surface area (Å²) in [5, 5.41) is 9.78. The number of aromatic amines is 1. The third kappa shape index (κ3) is 5.48. The Hall–Kier alpha value is -3.75. The minimum absolute atomic E-state index is 0.286. The molecule has 0 aliphatic heterocycles. The quantitative estimate of drug-likeness (QED) is 0.540. The van der Waals surface area contributed by atoms with Crippen LogP contribution in [-0.2, 0) is 16.0 Å². The first kappa shape index (κ1) is 22.9. The maximum Gasteiger partial charge on any atom is 0.314 e. The molecule has 0 radical (unpaired) electrons. The van der Waals surface area contributed by atoms with E-state index >= 15 is 0 Å². The molecule has 0 atom stereocenters. The summed E-state index contributed by atoms with van der Waals surface area (Å²) in [5.41, 5.74) is 9.36. The Bertz CT molecular complexity index is 1120. The van der Waals surface area contributed by atoms with E-state index in [1.807, 2.05) is 33.2 Å². The van der Waals surface area contributed by atoms with E-state index in [-0.39, 0.29) is 5.92 Å². The van der Waals surface area contributed by atoms with Gasteiger partial charge in [-0.25, -0.2) is 4.98 Å². The van der Waals surface area contributed by atoms with Crippen molar-refractivity contribution in [1.82, 2.24) is 25.1 Å². The van der Waals surface area contributed by atoms with E-state index in [1.165, 1.54) is 34.8 Å². The molecule has 0 spiro atoms. The van der Waals surface area contributed by atoms with Crippen LogP contribution in [0.15, 0.2) is 36.9 Å². The van der Waals surface area contributed by atoms with E-state index in [9.17, 15) is 9.59 Å². The third-order valence-corrected chi connectivity index (χ3v) is 5.03. The summed E-state index contributed by atoms with van der Waals surface area (Å²) < 4.78 is 0. The van der Waals surface area contributed by atoms with Crippen LogP contribution in [0.25, 0.3) is 17.0 Å². The number of hydrogen-bond donors (Lipinski definition) is 3. The number of H-pyrrole nitrogens is 1. The maximum absolute atomic E-state index is 12.2. The van der Waals surface area contributed by atoms with Gasteiger partial charge in [-0.2, -0.15) is 5.10 Å². The normalized spacial score (nSPS) is 12.1. The van der Waals surface area contributed by atoms with Gasteiger partial charge in [0.05, 0.1) is 29.0 Å². The van der Waals surface area contributed by atoms with E-state index in [4.69, 9.17) is 5.73 Å². The standard InChI is InChI=1S/C14H20N6O2.C9H9N/c1-4-20(7-8(2)3)14(22)13(21)18-10-6-16-12(15)9-5-17-19-11(9)10;1-2-4-9-7-10-6-5-8(9)3-1/h5-6,8H,4,7H2,1-3H3,(H2,15,16)(H,17,19)(H,18,21);1,3,5-7H,2,4H2. The van der Waals surface area contributed by atoms with Gasteiger partial charge < -0.3 is 16.0 Å². The van der Waals surface area contributed by atoms with Gasteiger partial charge in [0.25, 0.3) is 0 Å². The Balaban J connectivity index is 0.000000238. The number of fused-ring (bicyclic) bond motifs is 2. The Morgan fingerprint density at radius 2 is 2.09 bits per heavy atom. The lowest BCUT2D eigenvalue weighted by Crippen LogP contribution is -2.41. The van der Waals surface area contributed by atoms with Gasteiger partial charge in [0.2, 0.25) is 0 Å². The predicted octanol–water partition coefficient (Wildman–Crippen LogP) is 3.02. The number of nitrogen functional groups attached to an aromatic ring is 1. The first-order valence-electron chi connectivity index (χ1n) is 10.7. The number of nitrogens with zero attached hydrogens (tertiary/aromatic N) is 4. The minimum Gasteiger partial charge on any atom is -0.383 e. The number of nitrogens with one attached hydrogen (secondary N) is 2. The molecule has 2 amide bonds. The third-order valence-electron chi connectivity index (χ3n) is 5.03. The van der Waals surface area contributed by atoms with Gasteiger partial charge in [0.1, 0.15) is 5.82 Å². The number of rotatable bonds is 4. The lowest BCUT2D eigenvalue weighted by atomic mass is 10.0. The van der Waals surface area contributed by atoms with Crippen molar-refractivity contribution < 1.29 is 9.59 Å². The number of carbonyl (C=O) groups is 2. The summed E-state index contributed by atoms with van der Waals surface area (Å²) in [5.74, 6) is -0.678. The zero-order valence-electron chi connectivity index (χ0n) is 18.6. The highest BCUT2D eigenvalue weighted by molar-refractivity contribution is 6.40. The molecule has 32 heavy (non-hydrogen) atoms. The number of hydrogen-bond acceptors (Lipinski definition) is 6. The van der Waals surface area contributed by atoms with Crippen LogP contribution in [0.1, 0.15) is 38.3 Å². The molecule has 1 aliphatic carbocycles. The molecule has 0 saturated heterocycles. The van der Waals surface area contributed by atoms with Crippen LogP contribution in [0, 0.1) is 5.92 Å². The number of carbonyl (C=O) groups excluding carboxylic acids is 2. The molecule has 0 fully saturated rings. The summed E-state index contributed by atoms with van der Waals surface area (Å²) in [6.45, 7) is 6.83. The molecule has 0 unspecified atom stereocenters. The number of allylic oxidation sites excluding steroid dienone is 1. The van der Waals surface area contributed by atoms with Gasteiger partial charge in [-0.1, -0.05) is 26.0 Å². The van der Waals surface area contributed by atoms with Crippen LogP contribution >= 0.6 is 0 Å². The summed E-state index contributed by atoms with van der Waals surface area (Å²) >= 11 is 0. The second kappa shape index (κ2) is 10.5. The van der Waals surface area contributed by atoms with Gasteiger partial charge >= 0.3 is 11.8 Å². The topological polar surface area (TPSA) is 130 Å². The molecular formula is C23H29N7O2. The van der Waals surface area contributed by atoms with E-state index < -0.39 is 11.8 Å². The van der Waals surface area contributed by atoms with E-state index in [2.05, 4.69) is 43.7 Å². The average molecular weight is 436 g/mol. The fourth-order valence-electron chi connectivity index (χ4n) is 3.42. The van der Waals surface area contributed by atoms with Gasteiger partial charge in [-0.05, 0) is 42.9 Å².